The minimum atomic E-state index is -0.0955. The molecule has 3 N–H and O–H groups in total. The van der Waals surface area contributed by atoms with Gasteiger partial charge in [0.1, 0.15) is 0 Å². The van der Waals surface area contributed by atoms with Crippen LogP contribution in [0, 0.1) is 6.92 Å². The zero-order chi connectivity index (χ0) is 14.1. The molecule has 0 aliphatic carbocycles. The Balaban J connectivity index is 1.99. The summed E-state index contributed by atoms with van der Waals surface area (Å²) in [5.74, 6) is -0.177. The maximum absolute atomic E-state index is 11.4. The molecule has 0 aliphatic rings. The molecular formula is C12H21N5O2. The van der Waals surface area contributed by atoms with E-state index in [1.54, 1.807) is 6.20 Å². The summed E-state index contributed by atoms with van der Waals surface area (Å²) in [6.45, 7) is 6.00. The predicted molar refractivity (Wildman–Crippen MR) is 71.5 cm³/mol. The molecule has 0 saturated carbocycles. The number of carbonyl (C=O) groups is 2. The molecule has 2 amide bonds. The largest absolute Gasteiger partial charge is 0.355 e. The van der Waals surface area contributed by atoms with Gasteiger partial charge in [-0.25, -0.2) is 0 Å². The van der Waals surface area contributed by atoms with E-state index in [1.807, 2.05) is 17.8 Å². The Morgan fingerprint density at radius 1 is 1.26 bits per heavy atom. The summed E-state index contributed by atoms with van der Waals surface area (Å²) < 4.78 is 1.83. The minimum absolute atomic E-state index is 0.0815. The van der Waals surface area contributed by atoms with Crippen molar-refractivity contribution in [1.29, 1.82) is 0 Å². The highest BCUT2D eigenvalue weighted by atomic mass is 16.2. The Labute approximate surface area is 112 Å². The van der Waals surface area contributed by atoms with E-state index in [-0.39, 0.29) is 18.4 Å². The van der Waals surface area contributed by atoms with Gasteiger partial charge in [0, 0.05) is 32.8 Å². The molecule has 0 fully saturated rings. The van der Waals surface area contributed by atoms with E-state index in [2.05, 4.69) is 21.0 Å². The molecule has 106 valence electrons. The Kier molecular flexibility index (Phi) is 6.59. The van der Waals surface area contributed by atoms with Crippen LogP contribution in [0.15, 0.2) is 12.4 Å². The molecule has 0 unspecified atom stereocenters. The van der Waals surface area contributed by atoms with Crippen LogP contribution in [0.1, 0.15) is 12.5 Å². The van der Waals surface area contributed by atoms with Gasteiger partial charge in [-0.15, -0.1) is 0 Å². The van der Waals surface area contributed by atoms with E-state index in [1.165, 1.54) is 6.92 Å². The molecule has 19 heavy (non-hydrogen) atoms. The Morgan fingerprint density at radius 2 is 2.00 bits per heavy atom. The lowest BCUT2D eigenvalue weighted by Crippen LogP contribution is -2.39. The van der Waals surface area contributed by atoms with Gasteiger partial charge in [-0.3, -0.25) is 14.3 Å². The molecule has 1 aromatic rings. The van der Waals surface area contributed by atoms with Crippen LogP contribution >= 0.6 is 0 Å². The summed E-state index contributed by atoms with van der Waals surface area (Å²) in [7, 11) is 0. The van der Waals surface area contributed by atoms with Crippen molar-refractivity contribution in [2.75, 3.05) is 26.2 Å². The Bertz CT molecular complexity index is 416. The first kappa shape index (κ1) is 15.2. The third-order valence-corrected chi connectivity index (χ3v) is 2.39. The standard InChI is InChI=1S/C12H21N5O2/c1-10-7-16-17(9-10)6-5-13-8-12(19)15-4-3-14-11(2)18/h7,9,13H,3-6,8H2,1-2H3,(H,14,18)(H,15,19). The Morgan fingerprint density at radius 3 is 2.63 bits per heavy atom. The monoisotopic (exact) mass is 267 g/mol. The van der Waals surface area contributed by atoms with Crippen molar-refractivity contribution in [3.63, 3.8) is 0 Å². The highest BCUT2D eigenvalue weighted by Crippen LogP contribution is 1.92. The lowest BCUT2D eigenvalue weighted by molar-refractivity contribution is -0.121. The molecule has 0 radical (unpaired) electrons. The zero-order valence-corrected chi connectivity index (χ0v) is 11.4. The highest BCUT2D eigenvalue weighted by Gasteiger charge is 2.00. The highest BCUT2D eigenvalue weighted by molar-refractivity contribution is 5.78. The maximum atomic E-state index is 11.4. The van der Waals surface area contributed by atoms with Crippen LogP contribution in [0.4, 0.5) is 0 Å². The van der Waals surface area contributed by atoms with Crippen LogP contribution in [-0.2, 0) is 16.1 Å². The second-order valence-electron chi connectivity index (χ2n) is 4.29. The first-order valence-corrected chi connectivity index (χ1v) is 6.29. The lowest BCUT2D eigenvalue weighted by atomic mass is 10.4. The number of carbonyl (C=O) groups excluding carboxylic acids is 2. The van der Waals surface area contributed by atoms with Gasteiger partial charge in [0.25, 0.3) is 0 Å². The molecule has 0 aromatic carbocycles. The number of rotatable bonds is 8. The summed E-state index contributed by atoms with van der Waals surface area (Å²) in [4.78, 5) is 22.0. The molecule has 0 aliphatic heterocycles. The summed E-state index contributed by atoms with van der Waals surface area (Å²) in [6.07, 6.45) is 3.75. The summed E-state index contributed by atoms with van der Waals surface area (Å²) in [5, 5.41) is 12.5. The van der Waals surface area contributed by atoms with Gasteiger partial charge in [0.2, 0.25) is 11.8 Å². The number of nitrogens with one attached hydrogen (secondary N) is 3. The van der Waals surface area contributed by atoms with Crippen molar-refractivity contribution in [3.05, 3.63) is 18.0 Å². The molecule has 1 aromatic heterocycles. The van der Waals surface area contributed by atoms with Crippen LogP contribution < -0.4 is 16.0 Å². The van der Waals surface area contributed by atoms with E-state index in [0.717, 1.165) is 12.1 Å². The number of aromatic nitrogens is 2. The minimum Gasteiger partial charge on any atom is -0.355 e. The summed E-state index contributed by atoms with van der Waals surface area (Å²) in [6, 6.07) is 0. The number of nitrogens with zero attached hydrogens (tertiary/aromatic N) is 2. The van der Waals surface area contributed by atoms with Crippen LogP contribution in [0.25, 0.3) is 0 Å². The number of amides is 2. The van der Waals surface area contributed by atoms with Gasteiger partial charge < -0.3 is 16.0 Å². The molecule has 0 bridgehead atoms. The van der Waals surface area contributed by atoms with Crippen molar-refractivity contribution in [2.45, 2.75) is 20.4 Å². The van der Waals surface area contributed by atoms with Crippen molar-refractivity contribution in [3.8, 4) is 0 Å². The van der Waals surface area contributed by atoms with E-state index < -0.39 is 0 Å². The molecular weight excluding hydrogens is 246 g/mol. The van der Waals surface area contributed by atoms with E-state index in [0.29, 0.717) is 19.6 Å². The van der Waals surface area contributed by atoms with Crippen molar-refractivity contribution >= 4 is 11.8 Å². The van der Waals surface area contributed by atoms with Gasteiger partial charge in [0.05, 0.1) is 19.3 Å². The molecule has 1 heterocycles. The van der Waals surface area contributed by atoms with Crippen molar-refractivity contribution in [1.82, 2.24) is 25.7 Å². The quantitative estimate of drug-likeness (QED) is 0.529. The van der Waals surface area contributed by atoms with Crippen molar-refractivity contribution < 1.29 is 9.59 Å². The molecule has 7 heteroatoms. The molecule has 7 nitrogen and oxygen atoms in total. The number of hydrogen-bond donors (Lipinski definition) is 3. The zero-order valence-electron chi connectivity index (χ0n) is 11.4. The van der Waals surface area contributed by atoms with Crippen LogP contribution in [0.5, 0.6) is 0 Å². The number of hydrogen-bond acceptors (Lipinski definition) is 4. The van der Waals surface area contributed by atoms with E-state index >= 15 is 0 Å². The molecule has 0 atom stereocenters. The summed E-state index contributed by atoms with van der Waals surface area (Å²) in [5.41, 5.74) is 1.12. The third-order valence-electron chi connectivity index (χ3n) is 2.39. The van der Waals surface area contributed by atoms with Gasteiger partial charge in [-0.05, 0) is 12.5 Å². The van der Waals surface area contributed by atoms with Crippen LogP contribution in [0.3, 0.4) is 0 Å². The normalized spacial score (nSPS) is 10.2. The van der Waals surface area contributed by atoms with Gasteiger partial charge in [-0.2, -0.15) is 5.10 Å². The predicted octanol–water partition coefficient (Wildman–Crippen LogP) is -0.967. The summed E-state index contributed by atoms with van der Waals surface area (Å²) >= 11 is 0. The SMILES string of the molecule is CC(=O)NCCNC(=O)CNCCn1cc(C)cn1. The smallest absolute Gasteiger partial charge is 0.234 e. The fraction of sp³-hybridized carbons (Fsp3) is 0.583. The lowest BCUT2D eigenvalue weighted by Gasteiger charge is -2.07. The van der Waals surface area contributed by atoms with Crippen LogP contribution in [-0.4, -0.2) is 47.8 Å². The fourth-order valence-corrected chi connectivity index (χ4v) is 1.49. The molecule has 0 spiro atoms. The van der Waals surface area contributed by atoms with Crippen LogP contribution in [0.2, 0.25) is 0 Å². The first-order chi connectivity index (χ1) is 9.08. The van der Waals surface area contributed by atoms with Gasteiger partial charge >= 0.3 is 0 Å². The fourth-order valence-electron chi connectivity index (χ4n) is 1.49. The maximum Gasteiger partial charge on any atom is 0.234 e. The van der Waals surface area contributed by atoms with E-state index in [4.69, 9.17) is 0 Å². The van der Waals surface area contributed by atoms with Gasteiger partial charge in [-0.1, -0.05) is 0 Å². The molecule has 1 rings (SSSR count). The third kappa shape index (κ3) is 7.20. The second kappa shape index (κ2) is 8.25. The Hall–Kier alpha value is -1.89. The van der Waals surface area contributed by atoms with E-state index in [9.17, 15) is 9.59 Å². The average Bonchev–Trinajstić information content (AvgIpc) is 2.76. The second-order valence-corrected chi connectivity index (χ2v) is 4.29. The number of aryl methyl sites for hydroxylation is 1. The topological polar surface area (TPSA) is 88.0 Å². The average molecular weight is 267 g/mol. The van der Waals surface area contributed by atoms with Crippen molar-refractivity contribution in [2.24, 2.45) is 0 Å². The van der Waals surface area contributed by atoms with Gasteiger partial charge in [0.15, 0.2) is 0 Å². The molecule has 0 saturated heterocycles. The first-order valence-electron chi connectivity index (χ1n) is 6.29.